The summed E-state index contributed by atoms with van der Waals surface area (Å²) >= 11 is 12.4. The Labute approximate surface area is 211 Å². The molecule has 1 saturated carbocycles. The molecule has 4 aromatic rings. The normalized spacial score (nSPS) is 15.1. The Hall–Kier alpha value is -3.30. The summed E-state index contributed by atoms with van der Waals surface area (Å²) in [7, 11) is 1.83. The molecule has 8 nitrogen and oxygen atoms in total. The van der Waals surface area contributed by atoms with Crippen molar-refractivity contribution in [1.29, 1.82) is 0 Å². The first kappa shape index (κ1) is 23.4. The zero-order chi connectivity index (χ0) is 24.7. The van der Waals surface area contributed by atoms with E-state index in [-0.39, 0.29) is 29.1 Å². The van der Waals surface area contributed by atoms with Crippen LogP contribution >= 0.6 is 23.2 Å². The largest absolute Gasteiger partial charge is 0.349 e. The Bertz CT molecular complexity index is 1410. The van der Waals surface area contributed by atoms with Crippen molar-refractivity contribution in [1.82, 2.24) is 35.1 Å². The van der Waals surface area contributed by atoms with Crippen molar-refractivity contribution in [2.45, 2.75) is 31.1 Å². The molecule has 1 atom stereocenters. The van der Waals surface area contributed by atoms with Gasteiger partial charge in [0, 0.05) is 31.3 Å². The van der Waals surface area contributed by atoms with Gasteiger partial charge in [-0.05, 0) is 50.1 Å². The highest BCUT2D eigenvalue weighted by Crippen LogP contribution is 2.42. The van der Waals surface area contributed by atoms with Crippen LogP contribution in [0.4, 0.5) is 4.39 Å². The van der Waals surface area contributed by atoms with E-state index in [9.17, 15) is 9.18 Å². The first-order valence-corrected chi connectivity index (χ1v) is 11.8. The Morgan fingerprint density at radius 3 is 2.71 bits per heavy atom. The summed E-state index contributed by atoms with van der Waals surface area (Å²) in [6.07, 6.45) is 5.45. The van der Waals surface area contributed by atoms with E-state index in [4.69, 9.17) is 23.2 Å². The van der Waals surface area contributed by atoms with E-state index in [1.54, 1.807) is 16.9 Å². The molecule has 1 unspecified atom stereocenters. The molecular weight excluding hydrogens is 492 g/mol. The molecule has 0 spiro atoms. The number of hydrogen-bond acceptors (Lipinski definition) is 5. The van der Waals surface area contributed by atoms with Gasteiger partial charge in [-0.3, -0.25) is 9.48 Å². The number of halogens is 3. The summed E-state index contributed by atoms with van der Waals surface area (Å²) in [6, 6.07) is 9.44. The zero-order valence-electron chi connectivity index (χ0n) is 19.0. The number of nitrogens with one attached hydrogen (secondary N) is 1. The molecule has 11 heteroatoms. The van der Waals surface area contributed by atoms with Crippen molar-refractivity contribution in [3.8, 4) is 5.69 Å². The Morgan fingerprint density at radius 1 is 1.26 bits per heavy atom. The summed E-state index contributed by atoms with van der Waals surface area (Å²) in [4.78, 5) is 17.9. The van der Waals surface area contributed by atoms with Crippen molar-refractivity contribution in [3.05, 3.63) is 87.4 Å². The maximum absolute atomic E-state index is 13.6. The molecule has 35 heavy (non-hydrogen) atoms. The Morgan fingerprint density at radius 2 is 2.06 bits per heavy atom. The summed E-state index contributed by atoms with van der Waals surface area (Å²) < 4.78 is 16.8. The van der Waals surface area contributed by atoms with Gasteiger partial charge in [0.25, 0.3) is 5.91 Å². The van der Waals surface area contributed by atoms with E-state index in [0.29, 0.717) is 22.2 Å². The Balaban J connectivity index is 1.47. The number of carbonyl (C=O) groups is 1. The third-order valence-corrected chi connectivity index (χ3v) is 6.76. The number of carbonyl (C=O) groups excluding carboxylic acids is 1. The molecule has 1 fully saturated rings. The van der Waals surface area contributed by atoms with E-state index in [2.05, 4.69) is 25.7 Å². The van der Waals surface area contributed by atoms with Crippen LogP contribution in [0.5, 0.6) is 0 Å². The fourth-order valence-electron chi connectivity index (χ4n) is 4.11. The maximum Gasteiger partial charge on any atom is 0.273 e. The van der Waals surface area contributed by atoms with Gasteiger partial charge in [-0.1, -0.05) is 34.5 Å². The van der Waals surface area contributed by atoms with Crippen LogP contribution in [0.25, 0.3) is 5.69 Å². The molecular formula is C24H22Cl2FN7O. The second-order valence-corrected chi connectivity index (χ2v) is 9.66. The predicted octanol–water partition coefficient (Wildman–Crippen LogP) is 4.46. The van der Waals surface area contributed by atoms with Crippen LogP contribution in [-0.4, -0.2) is 42.2 Å². The minimum atomic E-state index is -0.704. The fourth-order valence-corrected chi connectivity index (χ4v) is 4.52. The quantitative estimate of drug-likeness (QED) is 0.368. The summed E-state index contributed by atoms with van der Waals surface area (Å²) in [5, 5.41) is 16.2. The van der Waals surface area contributed by atoms with E-state index >= 15 is 0 Å². The lowest BCUT2D eigenvalue weighted by Crippen LogP contribution is -2.40. The molecule has 1 aromatic carbocycles. The van der Waals surface area contributed by atoms with Gasteiger partial charge in [0.05, 0.1) is 33.7 Å². The van der Waals surface area contributed by atoms with Gasteiger partial charge < -0.3 is 5.32 Å². The molecule has 180 valence electrons. The fraction of sp³-hybridized carbons (Fsp3) is 0.292. The van der Waals surface area contributed by atoms with Crippen molar-refractivity contribution in [3.63, 3.8) is 0 Å². The van der Waals surface area contributed by atoms with Gasteiger partial charge >= 0.3 is 0 Å². The lowest BCUT2D eigenvalue weighted by molar-refractivity contribution is 0.0941. The molecule has 3 heterocycles. The molecule has 0 saturated heterocycles. The summed E-state index contributed by atoms with van der Waals surface area (Å²) in [6.45, 7) is 2.19. The van der Waals surface area contributed by atoms with Gasteiger partial charge in [0.15, 0.2) is 5.69 Å². The number of aromatic nitrogens is 6. The van der Waals surface area contributed by atoms with Crippen molar-refractivity contribution >= 4 is 29.1 Å². The predicted molar refractivity (Wildman–Crippen MR) is 130 cm³/mol. The lowest BCUT2D eigenvalue weighted by Gasteiger charge is -2.28. The van der Waals surface area contributed by atoms with E-state index < -0.39 is 11.2 Å². The minimum Gasteiger partial charge on any atom is -0.349 e. The lowest BCUT2D eigenvalue weighted by atomic mass is 9.80. The number of benzene rings is 1. The van der Waals surface area contributed by atoms with Crippen LogP contribution in [0.3, 0.4) is 0 Å². The molecule has 1 N–H and O–H groups in total. The van der Waals surface area contributed by atoms with Gasteiger partial charge in [-0.2, -0.15) is 5.10 Å². The van der Waals surface area contributed by atoms with Crippen molar-refractivity contribution in [2.75, 3.05) is 6.54 Å². The second-order valence-electron chi connectivity index (χ2n) is 8.87. The number of nitrogens with zero attached hydrogens (tertiary/aromatic N) is 6. The molecule has 0 radical (unpaired) electrons. The third-order valence-electron chi connectivity index (χ3n) is 6.25. The number of hydrogen-bond donors (Lipinski definition) is 1. The third kappa shape index (κ3) is 4.53. The van der Waals surface area contributed by atoms with Crippen LogP contribution < -0.4 is 5.32 Å². The van der Waals surface area contributed by atoms with Crippen LogP contribution in [0.2, 0.25) is 10.2 Å². The maximum atomic E-state index is 13.6. The standard InChI is InChI=1S/C24H22Cl2FN7O/c1-24(15-11-29-33(2)12-15,19-4-3-5-20(26)30-19)13-28-23(35)21-22(14-6-7-14)34(32-31-21)18-9-8-16(27)10-17(18)25/h3-5,8-12,14H,6-7,13H2,1-2H3,(H,28,35). The average Bonchev–Trinajstić information content (AvgIpc) is 3.41. The molecule has 1 aliphatic rings. The minimum absolute atomic E-state index is 0.131. The first-order chi connectivity index (χ1) is 16.8. The number of amides is 1. The van der Waals surface area contributed by atoms with Gasteiger partial charge in [0.2, 0.25) is 0 Å². The molecule has 0 bridgehead atoms. The smallest absolute Gasteiger partial charge is 0.273 e. The van der Waals surface area contributed by atoms with Crippen molar-refractivity contribution in [2.24, 2.45) is 7.05 Å². The molecule has 1 amide bonds. The van der Waals surface area contributed by atoms with Gasteiger partial charge in [-0.25, -0.2) is 14.1 Å². The molecule has 5 rings (SSSR count). The molecule has 3 aromatic heterocycles. The summed E-state index contributed by atoms with van der Waals surface area (Å²) in [5.74, 6) is -0.686. The average molecular weight is 514 g/mol. The SMILES string of the molecule is Cn1cc(C(C)(CNC(=O)c2nnn(-c3ccc(F)cc3Cl)c2C2CC2)c2cccc(Cl)n2)cn1. The highest BCUT2D eigenvalue weighted by Gasteiger charge is 2.37. The summed E-state index contributed by atoms with van der Waals surface area (Å²) in [5.41, 5.74) is 2.23. The first-order valence-electron chi connectivity index (χ1n) is 11.1. The molecule has 0 aliphatic heterocycles. The van der Waals surface area contributed by atoms with Crippen LogP contribution in [-0.2, 0) is 12.5 Å². The zero-order valence-corrected chi connectivity index (χ0v) is 20.6. The highest BCUT2D eigenvalue weighted by atomic mass is 35.5. The number of pyridine rings is 1. The number of rotatable bonds is 7. The monoisotopic (exact) mass is 513 g/mol. The van der Waals surface area contributed by atoms with Crippen LogP contribution in [0, 0.1) is 5.82 Å². The Kier molecular flexibility index (Phi) is 6.06. The van der Waals surface area contributed by atoms with Gasteiger partial charge in [0.1, 0.15) is 11.0 Å². The van der Waals surface area contributed by atoms with Gasteiger partial charge in [-0.15, -0.1) is 5.10 Å². The van der Waals surface area contributed by atoms with Crippen molar-refractivity contribution < 1.29 is 9.18 Å². The van der Waals surface area contributed by atoms with Crippen LogP contribution in [0.15, 0.2) is 48.8 Å². The second kappa shape index (κ2) is 9.05. The van der Waals surface area contributed by atoms with E-state index in [0.717, 1.165) is 18.4 Å². The topological polar surface area (TPSA) is 90.5 Å². The molecule has 1 aliphatic carbocycles. The number of aryl methyl sites for hydroxylation is 1. The van der Waals surface area contributed by atoms with E-state index in [1.807, 2.05) is 32.3 Å². The van der Waals surface area contributed by atoms with Crippen LogP contribution in [0.1, 0.15) is 53.1 Å². The highest BCUT2D eigenvalue weighted by molar-refractivity contribution is 6.32. The van der Waals surface area contributed by atoms with E-state index in [1.165, 1.54) is 22.9 Å².